The molecule has 5 nitrogen and oxygen atoms in total. The summed E-state index contributed by atoms with van der Waals surface area (Å²) in [7, 11) is 3.61. The van der Waals surface area contributed by atoms with Crippen LogP contribution in [0.2, 0.25) is 0 Å². The van der Waals surface area contributed by atoms with Crippen LogP contribution in [0, 0.1) is 0 Å². The van der Waals surface area contributed by atoms with Gasteiger partial charge in [-0.1, -0.05) is 30.3 Å². The van der Waals surface area contributed by atoms with Crippen molar-refractivity contribution in [1.29, 1.82) is 0 Å². The van der Waals surface area contributed by atoms with E-state index in [0.29, 0.717) is 13.0 Å². The molecular formula is C25H30N2O3. The van der Waals surface area contributed by atoms with Gasteiger partial charge in [0.05, 0.1) is 25.4 Å². The minimum atomic E-state index is -0.201. The first-order chi connectivity index (χ1) is 14.6. The summed E-state index contributed by atoms with van der Waals surface area (Å²) in [5.41, 5.74) is 4.46. The van der Waals surface area contributed by atoms with E-state index >= 15 is 0 Å². The third kappa shape index (κ3) is 3.21. The number of piperidine rings is 1. The average molecular weight is 407 g/mol. The second-order valence-electron chi connectivity index (χ2n) is 8.85. The van der Waals surface area contributed by atoms with Crippen molar-refractivity contribution in [2.24, 2.45) is 0 Å². The first-order valence-corrected chi connectivity index (χ1v) is 11.0. The van der Waals surface area contributed by atoms with Crippen LogP contribution in [0.15, 0.2) is 42.5 Å². The molecule has 2 saturated heterocycles. The van der Waals surface area contributed by atoms with Gasteiger partial charge in [-0.05, 0) is 55.5 Å². The van der Waals surface area contributed by atoms with Crippen LogP contribution >= 0.6 is 0 Å². The molecule has 0 bridgehead atoms. The van der Waals surface area contributed by atoms with Crippen molar-refractivity contribution >= 4 is 11.6 Å². The van der Waals surface area contributed by atoms with E-state index in [4.69, 9.17) is 9.47 Å². The lowest BCUT2D eigenvalue weighted by Gasteiger charge is -2.41. The maximum Gasteiger partial charge on any atom is 0.227 e. The quantitative estimate of drug-likeness (QED) is 0.838. The Labute approximate surface area is 178 Å². The molecule has 2 aromatic rings. The van der Waals surface area contributed by atoms with Gasteiger partial charge in [0.15, 0.2) is 0 Å². The first kappa shape index (κ1) is 19.6. The maximum atomic E-state index is 12.2. The van der Waals surface area contributed by atoms with E-state index in [1.165, 1.54) is 11.1 Å². The van der Waals surface area contributed by atoms with Gasteiger partial charge in [-0.25, -0.2) is 0 Å². The Kier molecular flexibility index (Phi) is 5.03. The Morgan fingerprint density at radius 2 is 2.03 bits per heavy atom. The van der Waals surface area contributed by atoms with Crippen molar-refractivity contribution in [3.63, 3.8) is 0 Å². The lowest BCUT2D eigenvalue weighted by Crippen LogP contribution is -2.48. The van der Waals surface area contributed by atoms with E-state index in [1.807, 2.05) is 7.05 Å². The normalized spacial score (nSPS) is 28.6. The molecule has 0 aromatic heterocycles. The van der Waals surface area contributed by atoms with Crippen molar-refractivity contribution in [2.75, 3.05) is 32.2 Å². The predicted molar refractivity (Wildman–Crippen MR) is 117 cm³/mol. The number of anilines is 1. The number of hydrogen-bond donors (Lipinski definition) is 1. The molecule has 0 radical (unpaired) electrons. The van der Waals surface area contributed by atoms with E-state index in [2.05, 4.69) is 47.8 Å². The van der Waals surface area contributed by atoms with Crippen LogP contribution in [0.25, 0.3) is 0 Å². The van der Waals surface area contributed by atoms with Gasteiger partial charge in [0.2, 0.25) is 5.91 Å². The van der Waals surface area contributed by atoms with Crippen molar-refractivity contribution < 1.29 is 14.3 Å². The second-order valence-corrected chi connectivity index (χ2v) is 8.85. The zero-order chi connectivity index (χ0) is 20.7. The van der Waals surface area contributed by atoms with Gasteiger partial charge >= 0.3 is 0 Å². The van der Waals surface area contributed by atoms with E-state index in [1.54, 1.807) is 12.0 Å². The predicted octanol–water partition coefficient (Wildman–Crippen LogP) is 3.97. The van der Waals surface area contributed by atoms with Crippen LogP contribution in [0.5, 0.6) is 5.75 Å². The first-order valence-electron chi connectivity index (χ1n) is 11.0. The third-order valence-corrected chi connectivity index (χ3v) is 7.16. The van der Waals surface area contributed by atoms with Gasteiger partial charge in [-0.2, -0.15) is 0 Å². The van der Waals surface area contributed by atoms with Crippen LogP contribution in [0.1, 0.15) is 54.3 Å². The molecule has 1 spiro atoms. The number of rotatable bonds is 3. The second kappa shape index (κ2) is 7.71. The van der Waals surface area contributed by atoms with Gasteiger partial charge in [0.1, 0.15) is 5.75 Å². The Morgan fingerprint density at radius 1 is 1.20 bits per heavy atom. The molecule has 30 heavy (non-hydrogen) atoms. The third-order valence-electron chi connectivity index (χ3n) is 7.16. The van der Waals surface area contributed by atoms with Gasteiger partial charge in [0, 0.05) is 30.6 Å². The zero-order valence-corrected chi connectivity index (χ0v) is 17.8. The number of carbonyl (C=O) groups excluding carboxylic acids is 1. The lowest BCUT2D eigenvalue weighted by atomic mass is 9.76. The number of nitrogens with zero attached hydrogens (tertiary/aromatic N) is 1. The zero-order valence-electron chi connectivity index (χ0n) is 17.8. The molecule has 0 aliphatic carbocycles. The summed E-state index contributed by atoms with van der Waals surface area (Å²) in [4.78, 5) is 14.0. The minimum absolute atomic E-state index is 0.179. The van der Waals surface area contributed by atoms with Gasteiger partial charge < -0.3 is 19.7 Å². The van der Waals surface area contributed by atoms with Crippen LogP contribution in [-0.4, -0.2) is 38.8 Å². The van der Waals surface area contributed by atoms with Gasteiger partial charge in [-0.15, -0.1) is 0 Å². The number of amides is 1. The standard InChI is InChI=1S/C25H30N2O3/c1-27-21-14-20(22(29-2)13-18(21)9-10-23(27)28)19-15-25(30-16-19)11-6-12-26-24(25)17-7-4-3-5-8-17/h3-5,7-8,13-14,19,24,26H,6,9-12,15-16H2,1-2H3/t19?,24-,25?/m0/s1. The molecule has 0 saturated carbocycles. The van der Waals surface area contributed by atoms with Crippen LogP contribution < -0.4 is 15.0 Å². The number of aryl methyl sites for hydroxylation is 1. The topological polar surface area (TPSA) is 50.8 Å². The molecule has 158 valence electrons. The van der Waals surface area contributed by atoms with E-state index < -0.39 is 0 Å². The Balaban J connectivity index is 1.49. The fraction of sp³-hybridized carbons (Fsp3) is 0.480. The van der Waals surface area contributed by atoms with Gasteiger partial charge in [0.25, 0.3) is 0 Å². The molecule has 3 atom stereocenters. The van der Waals surface area contributed by atoms with Crippen molar-refractivity contribution in [1.82, 2.24) is 5.32 Å². The summed E-state index contributed by atoms with van der Waals surface area (Å²) in [6.45, 7) is 1.70. The Bertz CT molecular complexity index is 945. The summed E-state index contributed by atoms with van der Waals surface area (Å²) in [5, 5.41) is 3.72. The van der Waals surface area contributed by atoms with Crippen molar-refractivity contribution in [2.45, 2.75) is 49.7 Å². The highest BCUT2D eigenvalue weighted by Gasteiger charge is 2.49. The number of methoxy groups -OCH3 is 1. The van der Waals surface area contributed by atoms with E-state index in [9.17, 15) is 4.79 Å². The summed E-state index contributed by atoms with van der Waals surface area (Å²) in [5.74, 6) is 1.35. The lowest BCUT2D eigenvalue weighted by molar-refractivity contribution is -0.118. The smallest absolute Gasteiger partial charge is 0.227 e. The summed E-state index contributed by atoms with van der Waals surface area (Å²) >= 11 is 0. The number of benzene rings is 2. The fourth-order valence-corrected chi connectivity index (χ4v) is 5.59. The number of fused-ring (bicyclic) bond motifs is 1. The summed E-state index contributed by atoms with van der Waals surface area (Å²) in [6.07, 6.45) is 4.47. The molecule has 2 unspecified atom stereocenters. The monoisotopic (exact) mass is 406 g/mol. The maximum absolute atomic E-state index is 12.2. The molecule has 3 aliphatic heterocycles. The van der Waals surface area contributed by atoms with Crippen LogP contribution in [-0.2, 0) is 16.0 Å². The molecule has 1 amide bonds. The highest BCUT2D eigenvalue weighted by atomic mass is 16.5. The number of carbonyl (C=O) groups is 1. The molecule has 2 fully saturated rings. The average Bonchev–Trinajstić information content (AvgIpc) is 3.20. The molecule has 2 aromatic carbocycles. The van der Waals surface area contributed by atoms with Crippen LogP contribution in [0.3, 0.4) is 0 Å². The molecule has 3 heterocycles. The number of ether oxygens (including phenoxy) is 2. The largest absolute Gasteiger partial charge is 0.496 e. The SMILES string of the molecule is COc1cc2c(cc1C1COC3(CCCN[C@H]3c3ccccc3)C1)N(C)C(=O)CC2. The Hall–Kier alpha value is -2.37. The van der Waals surface area contributed by atoms with E-state index in [0.717, 1.165) is 49.2 Å². The van der Waals surface area contributed by atoms with Crippen molar-refractivity contribution in [3.05, 3.63) is 59.2 Å². The fourth-order valence-electron chi connectivity index (χ4n) is 5.59. The molecule has 5 rings (SSSR count). The van der Waals surface area contributed by atoms with Crippen molar-refractivity contribution in [3.8, 4) is 5.75 Å². The van der Waals surface area contributed by atoms with Crippen LogP contribution in [0.4, 0.5) is 5.69 Å². The summed E-state index contributed by atoms with van der Waals surface area (Å²) in [6, 6.07) is 15.2. The molecular weight excluding hydrogens is 376 g/mol. The summed E-state index contributed by atoms with van der Waals surface area (Å²) < 4.78 is 12.4. The molecule has 1 N–H and O–H groups in total. The Morgan fingerprint density at radius 3 is 2.83 bits per heavy atom. The van der Waals surface area contributed by atoms with Gasteiger partial charge in [-0.3, -0.25) is 4.79 Å². The van der Waals surface area contributed by atoms with E-state index in [-0.39, 0.29) is 23.5 Å². The highest BCUT2D eigenvalue weighted by molar-refractivity contribution is 5.96. The number of hydrogen-bond acceptors (Lipinski definition) is 4. The number of nitrogens with one attached hydrogen (secondary N) is 1. The highest BCUT2D eigenvalue weighted by Crippen LogP contribution is 2.50. The molecule has 5 heteroatoms. The minimum Gasteiger partial charge on any atom is -0.496 e. The molecule has 3 aliphatic rings.